The molecule has 0 aliphatic heterocycles. The summed E-state index contributed by atoms with van der Waals surface area (Å²) < 4.78 is 0. The molecule has 0 aliphatic rings. The van der Waals surface area contributed by atoms with Gasteiger partial charge in [-0.25, -0.2) is 0 Å². The van der Waals surface area contributed by atoms with E-state index in [0.717, 1.165) is 25.7 Å². The van der Waals surface area contributed by atoms with Crippen LogP contribution in [0, 0.1) is 5.92 Å². The fourth-order valence-corrected chi connectivity index (χ4v) is 1.75. The molecule has 0 heterocycles. The van der Waals surface area contributed by atoms with Crippen molar-refractivity contribution < 1.29 is 10.2 Å². The molecule has 0 aromatic carbocycles. The third kappa shape index (κ3) is 4.43. The van der Waals surface area contributed by atoms with Gasteiger partial charge in [0.1, 0.15) is 0 Å². The van der Waals surface area contributed by atoms with E-state index in [0.29, 0.717) is 6.42 Å². The number of aliphatic hydroxyl groups is 2. The molecule has 0 saturated heterocycles. The van der Waals surface area contributed by atoms with Crippen molar-refractivity contribution >= 4 is 0 Å². The van der Waals surface area contributed by atoms with Crippen molar-refractivity contribution in [2.75, 3.05) is 0 Å². The average Bonchev–Trinajstić information content (AvgIpc) is 2.16. The number of hydrogen-bond acceptors (Lipinski definition) is 2. The maximum absolute atomic E-state index is 10.2. The van der Waals surface area contributed by atoms with Crippen molar-refractivity contribution in [1.82, 2.24) is 0 Å². The Morgan fingerprint density at radius 1 is 1.21 bits per heavy atom. The lowest BCUT2D eigenvalue weighted by Gasteiger charge is -2.31. The third-order valence-electron chi connectivity index (χ3n) is 3.26. The van der Waals surface area contributed by atoms with E-state index in [1.54, 1.807) is 0 Å². The van der Waals surface area contributed by atoms with Crippen LogP contribution in [-0.2, 0) is 0 Å². The van der Waals surface area contributed by atoms with Gasteiger partial charge in [-0.3, -0.25) is 0 Å². The van der Waals surface area contributed by atoms with E-state index in [1.165, 1.54) is 0 Å². The molecular weight excluding hydrogens is 176 g/mol. The molecule has 0 saturated carbocycles. The van der Waals surface area contributed by atoms with Crippen LogP contribution in [0.2, 0.25) is 0 Å². The lowest BCUT2D eigenvalue weighted by molar-refractivity contribution is -0.0349. The summed E-state index contributed by atoms with van der Waals surface area (Å²) in [6.07, 6.45) is 3.61. The number of hydrogen-bond donors (Lipinski definition) is 2. The van der Waals surface area contributed by atoms with Gasteiger partial charge in [0, 0.05) is 6.42 Å². The zero-order chi connectivity index (χ0) is 11.2. The quantitative estimate of drug-likeness (QED) is 0.666. The highest BCUT2D eigenvalue weighted by atomic mass is 16.3. The van der Waals surface area contributed by atoms with E-state index >= 15 is 0 Å². The highest BCUT2D eigenvalue weighted by Gasteiger charge is 2.28. The van der Waals surface area contributed by atoms with Crippen LogP contribution < -0.4 is 0 Å². The highest BCUT2D eigenvalue weighted by molar-refractivity contribution is 4.81. The van der Waals surface area contributed by atoms with Gasteiger partial charge >= 0.3 is 0 Å². The predicted octanol–water partition coefficient (Wildman–Crippen LogP) is 2.72. The summed E-state index contributed by atoms with van der Waals surface area (Å²) >= 11 is 0. The minimum absolute atomic E-state index is 0.282. The topological polar surface area (TPSA) is 40.5 Å². The van der Waals surface area contributed by atoms with Crippen molar-refractivity contribution in [2.24, 2.45) is 5.92 Å². The normalized spacial score (nSPS) is 20.1. The molecule has 14 heavy (non-hydrogen) atoms. The largest absolute Gasteiger partial charge is 0.393 e. The third-order valence-corrected chi connectivity index (χ3v) is 3.26. The molecule has 0 aromatic heterocycles. The summed E-state index contributed by atoms with van der Waals surface area (Å²) in [4.78, 5) is 0. The van der Waals surface area contributed by atoms with Crippen LogP contribution in [0.25, 0.3) is 0 Å². The summed E-state index contributed by atoms with van der Waals surface area (Å²) in [5.41, 5.74) is -0.655. The Labute approximate surface area is 88.3 Å². The van der Waals surface area contributed by atoms with E-state index in [9.17, 15) is 10.2 Å². The van der Waals surface area contributed by atoms with E-state index in [1.807, 2.05) is 13.8 Å². The maximum atomic E-state index is 10.2. The van der Waals surface area contributed by atoms with E-state index in [-0.39, 0.29) is 12.0 Å². The second kappa shape index (κ2) is 6.41. The second-order valence-corrected chi connectivity index (χ2v) is 4.48. The van der Waals surface area contributed by atoms with Gasteiger partial charge in [0.2, 0.25) is 0 Å². The fourth-order valence-electron chi connectivity index (χ4n) is 1.75. The Morgan fingerprint density at radius 2 is 1.79 bits per heavy atom. The zero-order valence-corrected chi connectivity index (χ0v) is 10.1. The van der Waals surface area contributed by atoms with Crippen LogP contribution in [0.5, 0.6) is 0 Å². The monoisotopic (exact) mass is 202 g/mol. The van der Waals surface area contributed by atoms with Crippen molar-refractivity contribution in [1.29, 1.82) is 0 Å². The van der Waals surface area contributed by atoms with Crippen LogP contribution in [0.4, 0.5) is 0 Å². The first-order chi connectivity index (χ1) is 6.49. The molecule has 2 N–H and O–H groups in total. The zero-order valence-electron chi connectivity index (χ0n) is 10.1. The van der Waals surface area contributed by atoms with Gasteiger partial charge in [-0.1, -0.05) is 40.5 Å². The van der Waals surface area contributed by atoms with E-state index in [2.05, 4.69) is 13.8 Å². The van der Waals surface area contributed by atoms with Crippen molar-refractivity contribution in [3.05, 3.63) is 0 Å². The molecule has 0 aromatic rings. The summed E-state index contributed by atoms with van der Waals surface area (Å²) in [7, 11) is 0. The fraction of sp³-hybridized carbons (Fsp3) is 1.00. The SMILES string of the molecule is CCCC(O)(CC)CC(O)C(C)CC. The summed E-state index contributed by atoms with van der Waals surface area (Å²) in [5, 5.41) is 20.0. The van der Waals surface area contributed by atoms with Crippen molar-refractivity contribution in [2.45, 2.75) is 71.5 Å². The van der Waals surface area contributed by atoms with Gasteiger partial charge in [0.15, 0.2) is 0 Å². The van der Waals surface area contributed by atoms with E-state index in [4.69, 9.17) is 0 Å². The Kier molecular flexibility index (Phi) is 6.38. The first-order valence-electron chi connectivity index (χ1n) is 5.89. The van der Waals surface area contributed by atoms with Crippen LogP contribution in [-0.4, -0.2) is 21.9 Å². The Morgan fingerprint density at radius 3 is 2.14 bits per heavy atom. The van der Waals surface area contributed by atoms with Gasteiger partial charge in [0.05, 0.1) is 11.7 Å². The molecule has 3 atom stereocenters. The first-order valence-corrected chi connectivity index (χ1v) is 5.89. The lowest BCUT2D eigenvalue weighted by Crippen LogP contribution is -2.35. The highest BCUT2D eigenvalue weighted by Crippen LogP contribution is 2.26. The second-order valence-electron chi connectivity index (χ2n) is 4.48. The molecule has 2 heteroatoms. The molecule has 2 nitrogen and oxygen atoms in total. The summed E-state index contributed by atoms with van der Waals surface area (Å²) in [6.45, 7) is 8.15. The number of rotatable bonds is 7. The summed E-state index contributed by atoms with van der Waals surface area (Å²) in [5.74, 6) is 0.282. The standard InChI is InChI=1S/C12H26O2/c1-5-8-12(14,7-3)9-11(13)10(4)6-2/h10-11,13-14H,5-9H2,1-4H3. The molecule has 0 aliphatic carbocycles. The Hall–Kier alpha value is -0.0800. The van der Waals surface area contributed by atoms with Gasteiger partial charge in [-0.05, 0) is 18.8 Å². The molecule has 0 rings (SSSR count). The van der Waals surface area contributed by atoms with Gasteiger partial charge < -0.3 is 10.2 Å². The van der Waals surface area contributed by atoms with Crippen molar-refractivity contribution in [3.63, 3.8) is 0 Å². The number of aliphatic hydroxyl groups excluding tert-OH is 1. The van der Waals surface area contributed by atoms with Gasteiger partial charge in [-0.2, -0.15) is 0 Å². The Bertz CT molecular complexity index is 147. The smallest absolute Gasteiger partial charge is 0.0669 e. The Balaban J connectivity index is 4.15. The average molecular weight is 202 g/mol. The predicted molar refractivity (Wildman–Crippen MR) is 60.2 cm³/mol. The maximum Gasteiger partial charge on any atom is 0.0669 e. The first kappa shape index (κ1) is 13.9. The van der Waals surface area contributed by atoms with E-state index < -0.39 is 5.60 Å². The van der Waals surface area contributed by atoms with Gasteiger partial charge in [-0.15, -0.1) is 0 Å². The minimum Gasteiger partial charge on any atom is -0.393 e. The van der Waals surface area contributed by atoms with Gasteiger partial charge in [0.25, 0.3) is 0 Å². The molecule has 3 unspecified atom stereocenters. The molecule has 0 radical (unpaired) electrons. The van der Waals surface area contributed by atoms with Crippen LogP contribution in [0.15, 0.2) is 0 Å². The summed E-state index contributed by atoms with van der Waals surface area (Å²) in [6, 6.07) is 0. The molecular formula is C12H26O2. The van der Waals surface area contributed by atoms with Crippen molar-refractivity contribution in [3.8, 4) is 0 Å². The van der Waals surface area contributed by atoms with Crippen LogP contribution in [0.3, 0.4) is 0 Å². The minimum atomic E-state index is -0.655. The molecule has 0 spiro atoms. The molecule has 0 amide bonds. The lowest BCUT2D eigenvalue weighted by atomic mass is 9.84. The molecule has 0 fully saturated rings. The van der Waals surface area contributed by atoms with Crippen LogP contribution in [0.1, 0.15) is 59.8 Å². The molecule has 86 valence electrons. The molecule has 0 bridgehead atoms. The van der Waals surface area contributed by atoms with Crippen LogP contribution >= 0.6 is 0 Å².